The monoisotopic (exact) mass is 304 g/mol. The predicted molar refractivity (Wildman–Crippen MR) is 85.9 cm³/mol. The molecule has 0 radical (unpaired) electrons. The molecule has 1 aromatic carbocycles. The molecule has 0 bridgehead atoms. The van der Waals surface area contributed by atoms with Crippen molar-refractivity contribution in [1.82, 2.24) is 4.90 Å². The van der Waals surface area contributed by atoms with Crippen LogP contribution in [0.15, 0.2) is 24.3 Å². The summed E-state index contributed by atoms with van der Waals surface area (Å²) in [5.41, 5.74) is 0.708. The third-order valence-electron chi connectivity index (χ3n) is 4.10. The Kier molecular flexibility index (Phi) is 5.81. The molecular weight excluding hydrogens is 280 g/mol. The topological polar surface area (TPSA) is 58.6 Å². The standard InChI is InChI=1S/C17H24N2O3/c1-13(20)19(15-7-3-4-8-15)11-10-17(21)18-14-6-5-9-16(12-14)22-2/h5-6,9,12,15H,3-4,7-8,10-11H2,1-2H3,(H,18,21). The van der Waals surface area contributed by atoms with Crippen LogP contribution in [0.5, 0.6) is 5.75 Å². The first-order chi connectivity index (χ1) is 10.6. The van der Waals surface area contributed by atoms with Crippen molar-refractivity contribution in [3.63, 3.8) is 0 Å². The molecule has 0 atom stereocenters. The third kappa shape index (κ3) is 4.48. The highest BCUT2D eigenvalue weighted by Gasteiger charge is 2.24. The summed E-state index contributed by atoms with van der Waals surface area (Å²) in [5, 5.41) is 2.84. The Morgan fingerprint density at radius 2 is 2.05 bits per heavy atom. The van der Waals surface area contributed by atoms with Gasteiger partial charge in [0.25, 0.3) is 0 Å². The van der Waals surface area contributed by atoms with Gasteiger partial charge in [0.05, 0.1) is 7.11 Å². The van der Waals surface area contributed by atoms with E-state index in [4.69, 9.17) is 4.74 Å². The number of methoxy groups -OCH3 is 1. The Hall–Kier alpha value is -2.04. The number of carbonyl (C=O) groups is 2. The van der Waals surface area contributed by atoms with Crippen molar-refractivity contribution >= 4 is 17.5 Å². The molecule has 22 heavy (non-hydrogen) atoms. The highest BCUT2D eigenvalue weighted by Crippen LogP contribution is 2.24. The zero-order valence-electron chi connectivity index (χ0n) is 13.3. The van der Waals surface area contributed by atoms with Gasteiger partial charge >= 0.3 is 0 Å². The van der Waals surface area contributed by atoms with E-state index in [0.717, 1.165) is 12.8 Å². The smallest absolute Gasteiger partial charge is 0.226 e. The van der Waals surface area contributed by atoms with Gasteiger partial charge in [-0.15, -0.1) is 0 Å². The van der Waals surface area contributed by atoms with E-state index in [0.29, 0.717) is 30.4 Å². The first-order valence-corrected chi connectivity index (χ1v) is 7.81. The lowest BCUT2D eigenvalue weighted by Crippen LogP contribution is -2.39. The number of amides is 2. The van der Waals surface area contributed by atoms with Crippen molar-refractivity contribution in [2.45, 2.75) is 45.1 Å². The van der Waals surface area contributed by atoms with Gasteiger partial charge in [-0.1, -0.05) is 18.9 Å². The lowest BCUT2D eigenvalue weighted by molar-refractivity contribution is -0.131. The SMILES string of the molecule is COc1cccc(NC(=O)CCN(C(C)=O)C2CCCC2)c1. The number of hydrogen-bond donors (Lipinski definition) is 1. The fraction of sp³-hybridized carbons (Fsp3) is 0.529. The van der Waals surface area contributed by atoms with E-state index in [9.17, 15) is 9.59 Å². The quantitative estimate of drug-likeness (QED) is 0.879. The van der Waals surface area contributed by atoms with Crippen molar-refractivity contribution < 1.29 is 14.3 Å². The van der Waals surface area contributed by atoms with Crippen LogP contribution in [0.1, 0.15) is 39.0 Å². The van der Waals surface area contributed by atoms with Crippen LogP contribution < -0.4 is 10.1 Å². The molecule has 1 fully saturated rings. The lowest BCUT2D eigenvalue weighted by atomic mass is 10.2. The first-order valence-electron chi connectivity index (χ1n) is 7.81. The first kappa shape index (κ1) is 16.3. The molecule has 0 saturated heterocycles. The minimum absolute atomic E-state index is 0.0566. The summed E-state index contributed by atoms with van der Waals surface area (Å²) in [6.07, 6.45) is 4.76. The van der Waals surface area contributed by atoms with Crippen LogP contribution >= 0.6 is 0 Å². The molecule has 2 rings (SSSR count). The van der Waals surface area contributed by atoms with E-state index in [1.807, 2.05) is 23.1 Å². The summed E-state index contributed by atoms with van der Waals surface area (Å²) < 4.78 is 5.13. The molecule has 0 aliphatic heterocycles. The molecule has 1 aromatic rings. The number of benzene rings is 1. The normalized spacial score (nSPS) is 14.6. The minimum Gasteiger partial charge on any atom is -0.497 e. The van der Waals surface area contributed by atoms with Crippen LogP contribution in [0.4, 0.5) is 5.69 Å². The Morgan fingerprint density at radius 1 is 1.32 bits per heavy atom. The number of nitrogens with zero attached hydrogens (tertiary/aromatic N) is 1. The second kappa shape index (κ2) is 7.82. The molecule has 1 N–H and O–H groups in total. The molecule has 0 aromatic heterocycles. The maximum Gasteiger partial charge on any atom is 0.226 e. The molecule has 5 nitrogen and oxygen atoms in total. The van der Waals surface area contributed by atoms with E-state index < -0.39 is 0 Å². The van der Waals surface area contributed by atoms with Crippen LogP contribution in [0.2, 0.25) is 0 Å². The fourth-order valence-corrected chi connectivity index (χ4v) is 2.96. The molecule has 2 amide bonds. The Labute approximate surface area is 131 Å². The Balaban J connectivity index is 1.86. The van der Waals surface area contributed by atoms with Crippen LogP contribution in [0.3, 0.4) is 0 Å². The zero-order valence-corrected chi connectivity index (χ0v) is 13.3. The summed E-state index contributed by atoms with van der Waals surface area (Å²) >= 11 is 0. The van der Waals surface area contributed by atoms with Gasteiger partial charge in [-0.3, -0.25) is 9.59 Å². The number of rotatable bonds is 6. The molecule has 0 unspecified atom stereocenters. The second-order valence-electron chi connectivity index (χ2n) is 5.68. The van der Waals surface area contributed by atoms with Crippen molar-refractivity contribution in [2.75, 3.05) is 19.0 Å². The van der Waals surface area contributed by atoms with E-state index in [1.54, 1.807) is 20.1 Å². The second-order valence-corrected chi connectivity index (χ2v) is 5.68. The summed E-state index contributed by atoms with van der Waals surface area (Å²) in [7, 11) is 1.59. The molecule has 5 heteroatoms. The van der Waals surface area contributed by atoms with Crippen molar-refractivity contribution in [1.29, 1.82) is 0 Å². The van der Waals surface area contributed by atoms with Crippen molar-refractivity contribution in [2.24, 2.45) is 0 Å². The predicted octanol–water partition coefficient (Wildman–Crippen LogP) is 2.81. The zero-order chi connectivity index (χ0) is 15.9. The van der Waals surface area contributed by atoms with Gasteiger partial charge in [-0.25, -0.2) is 0 Å². The molecule has 1 aliphatic carbocycles. The summed E-state index contributed by atoms with van der Waals surface area (Å²) in [4.78, 5) is 25.7. The highest BCUT2D eigenvalue weighted by molar-refractivity contribution is 5.91. The molecule has 0 heterocycles. The van der Waals surface area contributed by atoms with E-state index in [2.05, 4.69) is 5.32 Å². The van der Waals surface area contributed by atoms with Crippen molar-refractivity contribution in [3.8, 4) is 5.75 Å². The van der Waals surface area contributed by atoms with Gasteiger partial charge in [0.15, 0.2) is 0 Å². The molecular formula is C17H24N2O3. The van der Waals surface area contributed by atoms with Gasteiger partial charge in [0.2, 0.25) is 11.8 Å². The third-order valence-corrected chi connectivity index (χ3v) is 4.10. The Bertz CT molecular complexity index is 524. The van der Waals surface area contributed by atoms with Crippen LogP contribution in [0.25, 0.3) is 0 Å². The van der Waals surface area contributed by atoms with E-state index >= 15 is 0 Å². The van der Waals surface area contributed by atoms with Gasteiger partial charge in [0.1, 0.15) is 5.75 Å². The maximum absolute atomic E-state index is 12.1. The van der Waals surface area contributed by atoms with Crippen LogP contribution in [0, 0.1) is 0 Å². The number of anilines is 1. The minimum atomic E-state index is -0.0856. The summed E-state index contributed by atoms with van der Waals surface area (Å²) in [5.74, 6) is 0.674. The fourth-order valence-electron chi connectivity index (χ4n) is 2.96. The molecule has 1 aliphatic rings. The summed E-state index contributed by atoms with van der Waals surface area (Å²) in [6.45, 7) is 2.06. The van der Waals surface area contributed by atoms with E-state index in [1.165, 1.54) is 12.8 Å². The largest absolute Gasteiger partial charge is 0.497 e. The molecule has 0 spiro atoms. The summed E-state index contributed by atoms with van der Waals surface area (Å²) in [6, 6.07) is 7.56. The average molecular weight is 304 g/mol. The van der Waals surface area contributed by atoms with E-state index in [-0.39, 0.29) is 11.8 Å². The number of carbonyl (C=O) groups excluding carboxylic acids is 2. The van der Waals surface area contributed by atoms with Crippen LogP contribution in [-0.2, 0) is 9.59 Å². The lowest BCUT2D eigenvalue weighted by Gasteiger charge is -2.27. The Morgan fingerprint density at radius 3 is 2.68 bits per heavy atom. The van der Waals surface area contributed by atoms with Crippen molar-refractivity contribution in [3.05, 3.63) is 24.3 Å². The highest BCUT2D eigenvalue weighted by atomic mass is 16.5. The van der Waals surface area contributed by atoms with Gasteiger partial charge in [-0.05, 0) is 25.0 Å². The number of hydrogen-bond acceptors (Lipinski definition) is 3. The average Bonchev–Trinajstić information content (AvgIpc) is 3.01. The van der Waals surface area contributed by atoms with Gasteiger partial charge in [-0.2, -0.15) is 0 Å². The van der Waals surface area contributed by atoms with Gasteiger partial charge < -0.3 is 15.0 Å². The molecule has 1 saturated carbocycles. The van der Waals surface area contributed by atoms with Crippen LogP contribution in [-0.4, -0.2) is 36.4 Å². The molecule has 120 valence electrons. The van der Waals surface area contributed by atoms with Gasteiger partial charge in [0, 0.05) is 37.7 Å². The number of ether oxygens (including phenoxy) is 1. The maximum atomic E-state index is 12.1. The number of nitrogens with one attached hydrogen (secondary N) is 1.